The van der Waals surface area contributed by atoms with E-state index in [2.05, 4.69) is 10.3 Å². The Morgan fingerprint density at radius 2 is 1.77 bits per heavy atom. The Morgan fingerprint density at radius 3 is 2.33 bits per heavy atom. The lowest BCUT2D eigenvalue weighted by atomic mass is 9.80. The molecule has 0 spiro atoms. The van der Waals surface area contributed by atoms with Crippen molar-refractivity contribution in [3.63, 3.8) is 0 Å². The first kappa shape index (κ1) is 24.1. The first-order valence-corrected chi connectivity index (χ1v) is 10.2. The van der Waals surface area contributed by atoms with E-state index in [4.69, 9.17) is 14.0 Å². The van der Waals surface area contributed by atoms with Crippen LogP contribution in [0.3, 0.4) is 0 Å². The van der Waals surface area contributed by atoms with Crippen LogP contribution >= 0.6 is 0 Å². The molecule has 1 fully saturated rings. The Morgan fingerprint density at radius 1 is 1.17 bits per heavy atom. The molecule has 1 aromatic heterocycles. The molecule has 1 aliphatic rings. The molecular weight excluding hydrogens is 385 g/mol. The molecule has 8 nitrogen and oxygen atoms in total. The summed E-state index contributed by atoms with van der Waals surface area (Å²) < 4.78 is 17.4. The third-order valence-corrected chi connectivity index (χ3v) is 5.17. The van der Waals surface area contributed by atoms with Gasteiger partial charge in [-0.25, -0.2) is 4.79 Å². The van der Waals surface area contributed by atoms with Crippen LogP contribution in [0.4, 0.5) is 10.5 Å². The van der Waals surface area contributed by atoms with Gasteiger partial charge in [-0.1, -0.05) is 0 Å². The van der Waals surface area contributed by atoms with E-state index in [1.165, 1.54) is 4.90 Å². The van der Waals surface area contributed by atoms with Crippen molar-refractivity contribution in [3.8, 4) is 0 Å². The lowest BCUT2D eigenvalue weighted by molar-refractivity contribution is -0.116. The third kappa shape index (κ3) is 6.44. The molecule has 0 radical (unpaired) electrons. The number of ether oxygens (including phenoxy) is 1. The standard InChI is InChI=1S/C21H34BN3O5/c1-19(2,3)28-18(27)25(8)11-9-10-17(26)24-16-12-15(13-23-14-16)22-29-20(4,5)21(6,7)30-22/h12-14H,9-11H2,1-8H3,(H,24,26). The minimum absolute atomic E-state index is 0.152. The smallest absolute Gasteiger partial charge is 0.444 e. The SMILES string of the molecule is CN(CCCC(=O)Nc1cncc(B2OC(C)(C)C(C)(C)O2)c1)C(=O)OC(C)(C)C. The Hall–Kier alpha value is -2.13. The van der Waals surface area contributed by atoms with E-state index < -0.39 is 30.0 Å². The number of nitrogens with zero attached hydrogens (tertiary/aromatic N) is 2. The summed E-state index contributed by atoms with van der Waals surface area (Å²) in [6.45, 7) is 13.8. The van der Waals surface area contributed by atoms with Crippen molar-refractivity contribution < 1.29 is 23.6 Å². The zero-order chi connectivity index (χ0) is 22.7. The topological polar surface area (TPSA) is 90.0 Å². The highest BCUT2D eigenvalue weighted by atomic mass is 16.7. The molecule has 1 aromatic rings. The molecule has 0 aliphatic carbocycles. The highest BCUT2D eigenvalue weighted by molar-refractivity contribution is 6.62. The number of carbonyl (C=O) groups excluding carboxylic acids is 2. The van der Waals surface area contributed by atoms with Gasteiger partial charge in [0.25, 0.3) is 0 Å². The van der Waals surface area contributed by atoms with Crippen LogP contribution < -0.4 is 10.8 Å². The maximum Gasteiger partial charge on any atom is 0.496 e. The van der Waals surface area contributed by atoms with Gasteiger partial charge >= 0.3 is 13.2 Å². The minimum Gasteiger partial charge on any atom is -0.444 e. The van der Waals surface area contributed by atoms with Gasteiger partial charge < -0.3 is 24.3 Å². The number of amides is 2. The van der Waals surface area contributed by atoms with E-state index in [0.717, 1.165) is 5.46 Å². The van der Waals surface area contributed by atoms with Crippen molar-refractivity contribution in [2.24, 2.45) is 0 Å². The van der Waals surface area contributed by atoms with E-state index in [1.54, 1.807) is 25.5 Å². The predicted molar refractivity (Wildman–Crippen MR) is 117 cm³/mol. The molecule has 0 bridgehead atoms. The fourth-order valence-corrected chi connectivity index (χ4v) is 2.77. The predicted octanol–water partition coefficient (Wildman–Crippen LogP) is 2.97. The molecule has 1 saturated heterocycles. The second-order valence-corrected chi connectivity index (χ2v) is 9.65. The van der Waals surface area contributed by atoms with Crippen molar-refractivity contribution in [3.05, 3.63) is 18.5 Å². The third-order valence-electron chi connectivity index (χ3n) is 5.17. The zero-order valence-corrected chi connectivity index (χ0v) is 19.4. The van der Waals surface area contributed by atoms with Crippen molar-refractivity contribution in [1.29, 1.82) is 0 Å². The second-order valence-electron chi connectivity index (χ2n) is 9.65. The van der Waals surface area contributed by atoms with Gasteiger partial charge in [0.15, 0.2) is 0 Å². The van der Waals surface area contributed by atoms with Gasteiger partial charge in [-0.2, -0.15) is 0 Å². The highest BCUT2D eigenvalue weighted by Crippen LogP contribution is 2.36. The largest absolute Gasteiger partial charge is 0.496 e. The van der Waals surface area contributed by atoms with E-state index >= 15 is 0 Å². The van der Waals surface area contributed by atoms with Crippen LogP contribution in [-0.2, 0) is 18.8 Å². The van der Waals surface area contributed by atoms with Gasteiger partial charge in [-0.15, -0.1) is 0 Å². The van der Waals surface area contributed by atoms with Crippen LogP contribution in [0.5, 0.6) is 0 Å². The number of hydrogen-bond acceptors (Lipinski definition) is 6. The Kier molecular flexibility index (Phi) is 7.19. The van der Waals surface area contributed by atoms with Crippen molar-refractivity contribution in [1.82, 2.24) is 9.88 Å². The number of carbonyl (C=O) groups is 2. The molecule has 1 aliphatic heterocycles. The Bertz CT molecular complexity index is 760. The molecule has 2 rings (SSSR count). The Labute approximate surface area is 179 Å². The first-order valence-electron chi connectivity index (χ1n) is 10.2. The first-order chi connectivity index (χ1) is 13.7. The van der Waals surface area contributed by atoms with Crippen molar-refractivity contribution in [2.75, 3.05) is 18.9 Å². The molecule has 30 heavy (non-hydrogen) atoms. The molecule has 2 heterocycles. The van der Waals surface area contributed by atoms with E-state index in [-0.39, 0.29) is 12.3 Å². The molecule has 166 valence electrons. The molecule has 0 saturated carbocycles. The maximum atomic E-state index is 12.3. The summed E-state index contributed by atoms with van der Waals surface area (Å²) in [6.07, 6.45) is 3.65. The normalized spacial score (nSPS) is 17.5. The summed E-state index contributed by atoms with van der Waals surface area (Å²) in [4.78, 5) is 29.9. The molecule has 2 amide bonds. The summed E-state index contributed by atoms with van der Waals surface area (Å²) >= 11 is 0. The van der Waals surface area contributed by atoms with E-state index in [1.807, 2.05) is 48.5 Å². The molecule has 0 unspecified atom stereocenters. The fraction of sp³-hybridized carbons (Fsp3) is 0.667. The lowest BCUT2D eigenvalue weighted by Gasteiger charge is -2.32. The van der Waals surface area contributed by atoms with Crippen molar-refractivity contribution >= 4 is 30.3 Å². The van der Waals surface area contributed by atoms with Gasteiger partial charge in [0.05, 0.1) is 23.1 Å². The van der Waals surface area contributed by atoms with Gasteiger partial charge in [0.2, 0.25) is 5.91 Å². The number of rotatable bonds is 6. The summed E-state index contributed by atoms with van der Waals surface area (Å²) in [5.41, 5.74) is -0.115. The molecule has 9 heteroatoms. The quantitative estimate of drug-likeness (QED) is 0.714. The van der Waals surface area contributed by atoms with Gasteiger partial charge in [-0.3, -0.25) is 9.78 Å². The average Bonchev–Trinajstić information content (AvgIpc) is 2.81. The Balaban J connectivity index is 1.85. The van der Waals surface area contributed by atoms with Crippen LogP contribution in [0.2, 0.25) is 0 Å². The average molecular weight is 419 g/mol. The summed E-state index contributed by atoms with van der Waals surface area (Å²) in [5, 5.41) is 2.84. The molecule has 1 N–H and O–H groups in total. The second kappa shape index (κ2) is 8.94. The summed E-state index contributed by atoms with van der Waals surface area (Å²) in [5.74, 6) is -0.152. The van der Waals surface area contributed by atoms with Crippen molar-refractivity contribution in [2.45, 2.75) is 78.1 Å². The highest BCUT2D eigenvalue weighted by Gasteiger charge is 2.51. The zero-order valence-electron chi connectivity index (χ0n) is 19.4. The van der Waals surface area contributed by atoms with Crippen LogP contribution in [-0.4, -0.2) is 59.4 Å². The number of hydrogen-bond donors (Lipinski definition) is 1. The van der Waals surface area contributed by atoms with Crippen LogP contribution in [0.15, 0.2) is 18.5 Å². The molecule has 0 aromatic carbocycles. The summed E-state index contributed by atoms with van der Waals surface area (Å²) in [6, 6.07) is 1.81. The minimum atomic E-state index is -0.544. The van der Waals surface area contributed by atoms with E-state index in [9.17, 15) is 9.59 Å². The maximum absolute atomic E-state index is 12.3. The van der Waals surface area contributed by atoms with Crippen LogP contribution in [0.25, 0.3) is 0 Å². The monoisotopic (exact) mass is 419 g/mol. The number of anilines is 1. The number of nitrogens with one attached hydrogen (secondary N) is 1. The van der Waals surface area contributed by atoms with Gasteiger partial charge in [-0.05, 0) is 61.0 Å². The fourth-order valence-electron chi connectivity index (χ4n) is 2.77. The van der Waals surface area contributed by atoms with Crippen LogP contribution in [0, 0.1) is 0 Å². The number of aromatic nitrogens is 1. The number of pyridine rings is 1. The van der Waals surface area contributed by atoms with Gasteiger partial charge in [0, 0.05) is 31.7 Å². The summed E-state index contributed by atoms with van der Waals surface area (Å²) in [7, 11) is 1.12. The lowest BCUT2D eigenvalue weighted by Crippen LogP contribution is -2.41. The molecule has 0 atom stereocenters. The molecular formula is C21H34BN3O5. The van der Waals surface area contributed by atoms with E-state index in [0.29, 0.717) is 18.7 Å². The van der Waals surface area contributed by atoms with Crippen LogP contribution in [0.1, 0.15) is 61.3 Å². The van der Waals surface area contributed by atoms with Gasteiger partial charge in [0.1, 0.15) is 5.60 Å².